The highest BCUT2D eigenvalue weighted by Gasteiger charge is 2.31. The monoisotopic (exact) mass is 448 g/mol. The first-order chi connectivity index (χ1) is 15.6. The van der Waals surface area contributed by atoms with Gasteiger partial charge in [-0.2, -0.15) is 0 Å². The average Bonchev–Trinajstić information content (AvgIpc) is 2.79. The van der Waals surface area contributed by atoms with Gasteiger partial charge in [0, 0.05) is 6.42 Å². The van der Waals surface area contributed by atoms with Crippen molar-refractivity contribution in [2.24, 2.45) is 5.92 Å². The number of hydrogen-bond donors (Lipinski definition) is 1. The van der Waals surface area contributed by atoms with E-state index in [2.05, 4.69) is 26.0 Å². The second kappa shape index (κ2) is 16.6. The van der Waals surface area contributed by atoms with Gasteiger partial charge in [-0.15, -0.1) is 0 Å². The highest BCUT2D eigenvalue weighted by atomic mass is 16.7. The normalized spacial score (nSPS) is 17.8. The maximum absolute atomic E-state index is 11.5. The van der Waals surface area contributed by atoms with E-state index in [9.17, 15) is 5.11 Å². The molecule has 1 aliphatic heterocycles. The Kier molecular flexibility index (Phi) is 14.2. The lowest BCUT2D eigenvalue weighted by molar-refractivity contribution is -0.188. The van der Waals surface area contributed by atoms with Crippen molar-refractivity contribution in [3.8, 4) is 0 Å². The van der Waals surface area contributed by atoms with Crippen LogP contribution in [-0.4, -0.2) is 36.8 Å². The van der Waals surface area contributed by atoms with E-state index in [-0.39, 0.29) is 6.29 Å². The van der Waals surface area contributed by atoms with Crippen LogP contribution in [0.25, 0.3) is 0 Å². The summed E-state index contributed by atoms with van der Waals surface area (Å²) in [5.41, 5.74) is 0.360. The fourth-order valence-electron chi connectivity index (χ4n) is 4.66. The zero-order chi connectivity index (χ0) is 22.9. The van der Waals surface area contributed by atoms with E-state index < -0.39 is 5.60 Å². The van der Waals surface area contributed by atoms with E-state index in [0.717, 1.165) is 50.9 Å². The topological polar surface area (TPSA) is 47.9 Å². The maximum Gasteiger partial charge on any atom is 0.157 e. The summed E-state index contributed by atoms with van der Waals surface area (Å²) < 4.78 is 17.5. The predicted molar refractivity (Wildman–Crippen MR) is 132 cm³/mol. The van der Waals surface area contributed by atoms with Crippen LogP contribution in [-0.2, 0) is 20.8 Å². The van der Waals surface area contributed by atoms with Crippen LogP contribution in [0.3, 0.4) is 0 Å². The number of aliphatic hydroxyl groups is 1. The van der Waals surface area contributed by atoms with Crippen molar-refractivity contribution < 1.29 is 19.3 Å². The van der Waals surface area contributed by atoms with Gasteiger partial charge in [-0.3, -0.25) is 0 Å². The quantitative estimate of drug-likeness (QED) is 0.245. The Hall–Kier alpha value is -0.940. The molecule has 184 valence electrons. The standard InChI is InChI=1S/C28H48O4/c1-3-4-5-6-7-8-9-10-14-18-28(29,24-30-23-26-16-12-11-13-17-26)22-25(2)21-27-31-19-15-20-32-27/h11-13,16-17,25,27,29H,3-10,14-15,18-24H2,1-2H3/t25?,28-/m1/s1. The second-order valence-electron chi connectivity index (χ2n) is 9.85. The molecule has 1 fully saturated rings. The molecule has 1 heterocycles. The summed E-state index contributed by atoms with van der Waals surface area (Å²) in [7, 11) is 0. The molecule has 1 saturated heterocycles. The summed E-state index contributed by atoms with van der Waals surface area (Å²) >= 11 is 0. The molecule has 1 aromatic rings. The number of ether oxygens (including phenoxy) is 3. The lowest BCUT2D eigenvalue weighted by atomic mass is 9.85. The zero-order valence-corrected chi connectivity index (χ0v) is 20.7. The SMILES string of the molecule is CCCCCCCCCCC[C@](O)(COCc1ccccc1)CC(C)CC1OCCCO1. The molecule has 1 unspecified atom stereocenters. The van der Waals surface area contributed by atoms with E-state index in [1.165, 1.54) is 51.4 Å². The minimum absolute atomic E-state index is 0.124. The van der Waals surface area contributed by atoms with Gasteiger partial charge in [0.05, 0.1) is 32.0 Å². The van der Waals surface area contributed by atoms with E-state index in [1.807, 2.05) is 18.2 Å². The molecule has 4 nitrogen and oxygen atoms in total. The Morgan fingerprint density at radius 3 is 2.25 bits per heavy atom. The fourth-order valence-corrected chi connectivity index (χ4v) is 4.66. The summed E-state index contributed by atoms with van der Waals surface area (Å²) in [6, 6.07) is 10.2. The van der Waals surface area contributed by atoms with Crippen LogP contribution >= 0.6 is 0 Å². The van der Waals surface area contributed by atoms with Crippen molar-refractivity contribution >= 4 is 0 Å². The van der Waals surface area contributed by atoms with Gasteiger partial charge >= 0.3 is 0 Å². The van der Waals surface area contributed by atoms with Gasteiger partial charge in [0.2, 0.25) is 0 Å². The van der Waals surface area contributed by atoms with Crippen molar-refractivity contribution in [1.82, 2.24) is 0 Å². The number of unbranched alkanes of at least 4 members (excludes halogenated alkanes) is 8. The summed E-state index contributed by atoms with van der Waals surface area (Å²) in [4.78, 5) is 0. The van der Waals surface area contributed by atoms with E-state index in [0.29, 0.717) is 19.1 Å². The predicted octanol–water partition coefficient (Wildman–Crippen LogP) is 7.03. The minimum atomic E-state index is -0.788. The molecule has 0 spiro atoms. The molecule has 1 aliphatic rings. The highest BCUT2D eigenvalue weighted by molar-refractivity contribution is 5.13. The smallest absolute Gasteiger partial charge is 0.157 e. The molecule has 0 amide bonds. The first kappa shape index (κ1) is 27.3. The van der Waals surface area contributed by atoms with Gasteiger partial charge in [0.15, 0.2) is 6.29 Å². The molecule has 1 aromatic carbocycles. The molecular formula is C28H48O4. The fraction of sp³-hybridized carbons (Fsp3) is 0.786. The van der Waals surface area contributed by atoms with Crippen LogP contribution in [0.15, 0.2) is 30.3 Å². The van der Waals surface area contributed by atoms with Crippen LogP contribution < -0.4 is 0 Å². The highest BCUT2D eigenvalue weighted by Crippen LogP contribution is 2.28. The molecule has 32 heavy (non-hydrogen) atoms. The van der Waals surface area contributed by atoms with Crippen molar-refractivity contribution in [3.63, 3.8) is 0 Å². The molecule has 0 aliphatic carbocycles. The Morgan fingerprint density at radius 2 is 1.59 bits per heavy atom. The van der Waals surface area contributed by atoms with E-state index in [4.69, 9.17) is 14.2 Å². The van der Waals surface area contributed by atoms with Gasteiger partial charge in [-0.25, -0.2) is 0 Å². The van der Waals surface area contributed by atoms with Gasteiger partial charge < -0.3 is 19.3 Å². The van der Waals surface area contributed by atoms with E-state index >= 15 is 0 Å². The summed E-state index contributed by atoms with van der Waals surface area (Å²) in [5, 5.41) is 11.5. The summed E-state index contributed by atoms with van der Waals surface area (Å²) in [5.74, 6) is 0.321. The molecule has 4 heteroatoms. The average molecular weight is 449 g/mol. The van der Waals surface area contributed by atoms with Crippen molar-refractivity contribution in [1.29, 1.82) is 0 Å². The molecule has 0 saturated carbocycles. The Labute approximate surface area is 197 Å². The number of hydrogen-bond acceptors (Lipinski definition) is 4. The number of benzene rings is 1. The first-order valence-corrected chi connectivity index (χ1v) is 13.2. The van der Waals surface area contributed by atoms with Crippen LogP contribution in [0, 0.1) is 5.92 Å². The third-order valence-electron chi connectivity index (χ3n) is 6.45. The van der Waals surface area contributed by atoms with Gasteiger partial charge in [-0.05, 0) is 30.7 Å². The third kappa shape index (κ3) is 12.3. The lowest BCUT2D eigenvalue weighted by Gasteiger charge is -2.33. The molecule has 1 N–H and O–H groups in total. The van der Waals surface area contributed by atoms with Crippen molar-refractivity contribution in [2.45, 2.75) is 116 Å². The molecule has 0 bridgehead atoms. The van der Waals surface area contributed by atoms with Crippen LogP contribution in [0.5, 0.6) is 0 Å². The van der Waals surface area contributed by atoms with Crippen LogP contribution in [0.4, 0.5) is 0 Å². The van der Waals surface area contributed by atoms with Crippen molar-refractivity contribution in [2.75, 3.05) is 19.8 Å². The van der Waals surface area contributed by atoms with Gasteiger partial charge in [-0.1, -0.05) is 102 Å². The maximum atomic E-state index is 11.5. The minimum Gasteiger partial charge on any atom is -0.387 e. The molecule has 0 aromatic heterocycles. The van der Waals surface area contributed by atoms with Crippen molar-refractivity contribution in [3.05, 3.63) is 35.9 Å². The molecule has 0 radical (unpaired) electrons. The Balaban J connectivity index is 1.74. The second-order valence-corrected chi connectivity index (χ2v) is 9.85. The number of rotatable bonds is 18. The molecular weight excluding hydrogens is 400 g/mol. The van der Waals surface area contributed by atoms with E-state index in [1.54, 1.807) is 0 Å². The Morgan fingerprint density at radius 1 is 0.969 bits per heavy atom. The Bertz CT molecular complexity index is 558. The molecule has 2 atom stereocenters. The first-order valence-electron chi connectivity index (χ1n) is 13.2. The summed E-state index contributed by atoms with van der Waals surface area (Å²) in [6.07, 6.45) is 14.8. The van der Waals surface area contributed by atoms with Crippen LogP contribution in [0.2, 0.25) is 0 Å². The molecule has 2 rings (SSSR count). The van der Waals surface area contributed by atoms with Gasteiger partial charge in [0.25, 0.3) is 0 Å². The van der Waals surface area contributed by atoms with Gasteiger partial charge in [0.1, 0.15) is 0 Å². The third-order valence-corrected chi connectivity index (χ3v) is 6.45. The lowest BCUT2D eigenvalue weighted by Crippen LogP contribution is -2.38. The summed E-state index contributed by atoms with van der Waals surface area (Å²) in [6.45, 7) is 6.95. The van der Waals surface area contributed by atoms with Crippen LogP contribution in [0.1, 0.15) is 103 Å². The zero-order valence-electron chi connectivity index (χ0n) is 20.7. The largest absolute Gasteiger partial charge is 0.387 e.